The van der Waals surface area contributed by atoms with Gasteiger partial charge in [-0.2, -0.15) is 0 Å². The molecule has 0 aliphatic rings. The van der Waals surface area contributed by atoms with Crippen molar-refractivity contribution in [1.29, 1.82) is 0 Å². The summed E-state index contributed by atoms with van der Waals surface area (Å²) in [6.45, 7) is 0.0111. The minimum Gasteiger partial charge on any atom is -0.493 e. The summed E-state index contributed by atoms with van der Waals surface area (Å²) in [6.07, 6.45) is 5.27. The summed E-state index contributed by atoms with van der Waals surface area (Å²) in [7, 11) is 1.50. The molecule has 0 aliphatic heterocycles. The summed E-state index contributed by atoms with van der Waals surface area (Å²) >= 11 is 0. The molecular weight excluding hydrogens is 260 g/mol. The van der Waals surface area contributed by atoms with Gasteiger partial charge in [0.15, 0.2) is 11.5 Å². The minimum atomic E-state index is -0.760. The molecule has 0 saturated carbocycles. The van der Waals surface area contributed by atoms with Crippen LogP contribution in [0.5, 0.6) is 11.5 Å². The Hall–Kier alpha value is -2.23. The quantitative estimate of drug-likeness (QED) is 0.626. The number of anilines is 1. The highest BCUT2D eigenvalue weighted by molar-refractivity contribution is 5.95. The lowest BCUT2D eigenvalue weighted by atomic mass is 10.2. The molecule has 0 bridgehead atoms. The third-order valence-electron chi connectivity index (χ3n) is 2.45. The maximum atomic E-state index is 11.7. The van der Waals surface area contributed by atoms with Gasteiger partial charge in [0.1, 0.15) is 6.61 Å². The Morgan fingerprint density at radius 1 is 1.55 bits per heavy atom. The number of nitrogens with two attached hydrogens (primary N) is 1. The molecule has 0 fully saturated rings. The Bertz CT molecular complexity index is 496. The summed E-state index contributed by atoms with van der Waals surface area (Å²) in [5, 5.41) is 11.4. The fraction of sp³-hybridized carbons (Fsp3) is 0.357. The van der Waals surface area contributed by atoms with Crippen molar-refractivity contribution < 1.29 is 19.4 Å². The van der Waals surface area contributed by atoms with Gasteiger partial charge in [0.25, 0.3) is 0 Å². The molecule has 1 amide bonds. The maximum absolute atomic E-state index is 11.7. The molecule has 0 aliphatic carbocycles. The summed E-state index contributed by atoms with van der Waals surface area (Å²) < 4.78 is 10.4. The van der Waals surface area contributed by atoms with Gasteiger partial charge in [0.05, 0.1) is 19.8 Å². The van der Waals surface area contributed by atoms with E-state index in [-0.39, 0.29) is 25.5 Å². The topological polar surface area (TPSA) is 93.8 Å². The van der Waals surface area contributed by atoms with Crippen molar-refractivity contribution in [1.82, 2.24) is 0 Å². The lowest BCUT2D eigenvalue weighted by Gasteiger charge is -2.13. The van der Waals surface area contributed by atoms with E-state index in [1.165, 1.54) is 7.11 Å². The molecule has 4 N–H and O–H groups in total. The number of aliphatic hydroxyl groups excluding tert-OH is 1. The molecule has 1 aromatic carbocycles. The van der Waals surface area contributed by atoms with Crippen LogP contribution in [-0.2, 0) is 4.79 Å². The van der Waals surface area contributed by atoms with Gasteiger partial charge in [-0.1, -0.05) is 0 Å². The van der Waals surface area contributed by atoms with Crippen molar-refractivity contribution in [2.24, 2.45) is 5.73 Å². The second-order valence-electron chi connectivity index (χ2n) is 3.94. The van der Waals surface area contributed by atoms with E-state index in [9.17, 15) is 4.79 Å². The highest BCUT2D eigenvalue weighted by atomic mass is 16.5. The average Bonchev–Trinajstić information content (AvgIpc) is 2.45. The van der Waals surface area contributed by atoms with Crippen LogP contribution in [0.25, 0.3) is 0 Å². The van der Waals surface area contributed by atoms with Gasteiger partial charge in [0.2, 0.25) is 5.91 Å². The smallest absolute Gasteiger partial charge is 0.242 e. The van der Waals surface area contributed by atoms with E-state index in [4.69, 9.17) is 26.7 Å². The third-order valence-corrected chi connectivity index (χ3v) is 2.45. The van der Waals surface area contributed by atoms with Crippen molar-refractivity contribution in [3.8, 4) is 23.8 Å². The van der Waals surface area contributed by atoms with E-state index in [1.807, 2.05) is 0 Å². The second-order valence-corrected chi connectivity index (χ2v) is 3.94. The number of hydrogen-bond donors (Lipinski definition) is 3. The number of benzene rings is 1. The van der Waals surface area contributed by atoms with E-state index < -0.39 is 6.04 Å². The summed E-state index contributed by atoms with van der Waals surface area (Å²) in [4.78, 5) is 11.7. The number of carbonyl (C=O) groups excluding carboxylic acids is 1. The highest BCUT2D eigenvalue weighted by Gasteiger charge is 2.13. The van der Waals surface area contributed by atoms with Crippen LogP contribution in [0.4, 0.5) is 5.69 Å². The number of ether oxygens (including phenoxy) is 2. The zero-order valence-corrected chi connectivity index (χ0v) is 11.3. The van der Waals surface area contributed by atoms with Gasteiger partial charge in [-0.05, 0) is 12.1 Å². The summed E-state index contributed by atoms with van der Waals surface area (Å²) in [5.41, 5.74) is 6.12. The standard InChI is InChI=1S/C14H18N2O4/c1-3-4-11(15)14(18)16-10-5-6-12(19-2)13(9-10)20-8-7-17/h1,5-6,9,11,17H,4,7-8,15H2,2H3,(H,16,18). The Labute approximate surface area is 117 Å². The average molecular weight is 278 g/mol. The van der Waals surface area contributed by atoms with Gasteiger partial charge in [-0.25, -0.2) is 0 Å². The van der Waals surface area contributed by atoms with E-state index >= 15 is 0 Å². The fourth-order valence-electron chi connectivity index (χ4n) is 1.48. The zero-order valence-electron chi connectivity index (χ0n) is 11.3. The van der Waals surface area contributed by atoms with Crippen LogP contribution < -0.4 is 20.5 Å². The first-order chi connectivity index (χ1) is 9.62. The van der Waals surface area contributed by atoms with Crippen LogP contribution in [-0.4, -0.2) is 37.4 Å². The SMILES string of the molecule is C#CCC(N)C(=O)Nc1ccc(OC)c(OCCO)c1. The summed E-state index contributed by atoms with van der Waals surface area (Å²) in [5.74, 6) is 2.88. The molecule has 0 saturated heterocycles. The molecule has 0 spiro atoms. The van der Waals surface area contributed by atoms with Crippen molar-refractivity contribution in [2.75, 3.05) is 25.6 Å². The Morgan fingerprint density at radius 3 is 2.90 bits per heavy atom. The first-order valence-electron chi connectivity index (χ1n) is 6.04. The third kappa shape index (κ3) is 4.46. The highest BCUT2D eigenvalue weighted by Crippen LogP contribution is 2.30. The monoisotopic (exact) mass is 278 g/mol. The van der Waals surface area contributed by atoms with Gasteiger partial charge in [-0.15, -0.1) is 12.3 Å². The van der Waals surface area contributed by atoms with Crippen LogP contribution >= 0.6 is 0 Å². The van der Waals surface area contributed by atoms with Crippen molar-refractivity contribution in [3.05, 3.63) is 18.2 Å². The molecule has 108 valence electrons. The van der Waals surface area contributed by atoms with E-state index in [0.29, 0.717) is 17.2 Å². The molecule has 1 unspecified atom stereocenters. The molecular formula is C14H18N2O4. The van der Waals surface area contributed by atoms with Crippen molar-refractivity contribution in [2.45, 2.75) is 12.5 Å². The number of aliphatic hydroxyl groups is 1. The molecule has 6 heteroatoms. The van der Waals surface area contributed by atoms with Crippen molar-refractivity contribution in [3.63, 3.8) is 0 Å². The van der Waals surface area contributed by atoms with E-state index in [1.54, 1.807) is 18.2 Å². The van der Waals surface area contributed by atoms with Crippen LogP contribution in [0.1, 0.15) is 6.42 Å². The molecule has 1 aromatic rings. The van der Waals surface area contributed by atoms with Crippen molar-refractivity contribution >= 4 is 11.6 Å². The molecule has 20 heavy (non-hydrogen) atoms. The summed E-state index contributed by atoms with van der Waals surface area (Å²) in [6, 6.07) is 4.14. The Balaban J connectivity index is 2.81. The first-order valence-corrected chi connectivity index (χ1v) is 6.04. The second kappa shape index (κ2) is 8.04. The largest absolute Gasteiger partial charge is 0.493 e. The van der Waals surface area contributed by atoms with Crippen LogP contribution in [0, 0.1) is 12.3 Å². The zero-order chi connectivity index (χ0) is 15.0. The molecule has 1 rings (SSSR count). The van der Waals surface area contributed by atoms with Gasteiger partial charge in [0, 0.05) is 18.2 Å². The number of hydrogen-bond acceptors (Lipinski definition) is 5. The van der Waals surface area contributed by atoms with Gasteiger partial charge < -0.3 is 25.6 Å². The normalized spacial score (nSPS) is 11.3. The molecule has 6 nitrogen and oxygen atoms in total. The number of nitrogens with one attached hydrogen (secondary N) is 1. The van der Waals surface area contributed by atoms with Crippen LogP contribution in [0.3, 0.4) is 0 Å². The molecule has 0 radical (unpaired) electrons. The van der Waals surface area contributed by atoms with Crippen LogP contribution in [0.2, 0.25) is 0 Å². The lowest BCUT2D eigenvalue weighted by Crippen LogP contribution is -2.35. The predicted octanol–water partition coefficient (Wildman–Crippen LogP) is 0.355. The van der Waals surface area contributed by atoms with Crippen LogP contribution in [0.15, 0.2) is 18.2 Å². The Kier molecular flexibility index (Phi) is 6.37. The van der Waals surface area contributed by atoms with E-state index in [2.05, 4.69) is 11.2 Å². The minimum absolute atomic E-state index is 0.118. The number of carbonyl (C=O) groups is 1. The number of methoxy groups -OCH3 is 1. The Morgan fingerprint density at radius 2 is 2.30 bits per heavy atom. The maximum Gasteiger partial charge on any atom is 0.242 e. The fourth-order valence-corrected chi connectivity index (χ4v) is 1.48. The van der Waals surface area contributed by atoms with Gasteiger partial charge in [-0.3, -0.25) is 4.79 Å². The molecule has 0 aromatic heterocycles. The number of terminal acetylenes is 1. The lowest BCUT2D eigenvalue weighted by molar-refractivity contribution is -0.117. The molecule has 1 atom stereocenters. The number of rotatable bonds is 7. The predicted molar refractivity (Wildman–Crippen MR) is 75.6 cm³/mol. The van der Waals surface area contributed by atoms with Gasteiger partial charge >= 0.3 is 0 Å². The first kappa shape index (κ1) is 15.8. The number of amides is 1. The molecule has 0 heterocycles. The van der Waals surface area contributed by atoms with E-state index in [0.717, 1.165) is 0 Å².